The number of rotatable bonds is 4. The number of para-hydroxylation sites is 1. The van der Waals surface area contributed by atoms with Crippen molar-refractivity contribution >= 4 is 21.8 Å². The Hall–Kier alpha value is -5.02. The van der Waals surface area contributed by atoms with Crippen LogP contribution in [0.25, 0.3) is 61.4 Å². The highest BCUT2D eigenvalue weighted by molar-refractivity contribution is 6.15. The van der Waals surface area contributed by atoms with Gasteiger partial charge < -0.3 is 0 Å². The summed E-state index contributed by atoms with van der Waals surface area (Å²) in [5.74, 6) is 3.60. The van der Waals surface area contributed by atoms with Crippen molar-refractivity contribution < 1.29 is 0 Å². The van der Waals surface area contributed by atoms with E-state index in [2.05, 4.69) is 140 Å². The number of hydrogen-bond acceptors (Lipinski definition) is 2. The highest BCUT2D eigenvalue weighted by atomic mass is 15.2. The van der Waals surface area contributed by atoms with Gasteiger partial charge in [0.25, 0.3) is 0 Å². The summed E-state index contributed by atoms with van der Waals surface area (Å²) in [6.45, 7) is 4.73. The van der Waals surface area contributed by atoms with Crippen LogP contribution < -0.4 is 0 Å². The van der Waals surface area contributed by atoms with E-state index in [9.17, 15) is 0 Å². The Bertz CT molecular complexity index is 2610. The average Bonchev–Trinajstić information content (AvgIpc) is 3.76. The fraction of sp³-hybridized carbons (Fsp3) is 0.292. The first-order chi connectivity index (χ1) is 24.9. The molecule has 2 aromatic heterocycles. The second-order valence-corrected chi connectivity index (χ2v) is 17.3. The third-order valence-corrected chi connectivity index (χ3v) is 14.6. The van der Waals surface area contributed by atoms with E-state index in [4.69, 9.17) is 9.97 Å². The summed E-state index contributed by atoms with van der Waals surface area (Å²) in [6.07, 6.45) is 8.64. The van der Waals surface area contributed by atoms with E-state index in [1.807, 2.05) is 0 Å². The molecular formula is C48H41N3. The van der Waals surface area contributed by atoms with Gasteiger partial charge in [0.2, 0.25) is 5.95 Å². The summed E-state index contributed by atoms with van der Waals surface area (Å²) in [7, 11) is 0. The Kier molecular flexibility index (Phi) is 5.42. The highest BCUT2D eigenvalue weighted by Crippen LogP contribution is 2.79. The maximum atomic E-state index is 5.70. The van der Waals surface area contributed by atoms with E-state index in [1.54, 1.807) is 5.56 Å². The van der Waals surface area contributed by atoms with Crippen LogP contribution in [-0.2, 0) is 10.8 Å². The Morgan fingerprint density at radius 3 is 2.29 bits per heavy atom. The molecule has 0 saturated heterocycles. The van der Waals surface area contributed by atoms with E-state index < -0.39 is 0 Å². The lowest BCUT2D eigenvalue weighted by Crippen LogP contribution is -2.42. The van der Waals surface area contributed by atoms with Gasteiger partial charge in [-0.25, -0.2) is 9.97 Å². The molecule has 51 heavy (non-hydrogen) atoms. The standard InChI is InChI=1S/C48H41N3/c1-46(2)38-19-8-6-16-36(38)44-42(46)43(31-14-10-15-32(23-31)47-25-29-22-33-24-34(27-47)48(33,26-29)28-47)49-45(50-44)51-39-20-9-7-17-37(39)41-35(18-11-21-40(41)51)30-12-4-3-5-13-30/h3-21,23,29,33-34H,22,24-28H2,1-2H3/t29-,33-,34?,47?,48+/m1/s1. The van der Waals surface area contributed by atoms with Gasteiger partial charge in [-0.1, -0.05) is 117 Å². The minimum atomic E-state index is -0.224. The van der Waals surface area contributed by atoms with Crippen molar-refractivity contribution in [2.45, 2.75) is 63.2 Å². The van der Waals surface area contributed by atoms with Gasteiger partial charge in [-0.3, -0.25) is 4.57 Å². The van der Waals surface area contributed by atoms with Crippen LogP contribution in [0, 0.1) is 23.2 Å². The summed E-state index contributed by atoms with van der Waals surface area (Å²) >= 11 is 0. The normalized spacial score (nSPS) is 27.5. The molecule has 3 bridgehead atoms. The second kappa shape index (κ2) is 9.64. The van der Waals surface area contributed by atoms with Gasteiger partial charge >= 0.3 is 0 Å². The van der Waals surface area contributed by atoms with Gasteiger partial charge in [0.1, 0.15) is 0 Å². The lowest BCUT2D eigenvalue weighted by molar-refractivity contribution is -0.000159. The molecule has 0 amide bonds. The van der Waals surface area contributed by atoms with Crippen molar-refractivity contribution in [1.29, 1.82) is 0 Å². The Morgan fingerprint density at radius 2 is 1.37 bits per heavy atom. The maximum Gasteiger partial charge on any atom is 0.235 e. The monoisotopic (exact) mass is 659 g/mol. The second-order valence-electron chi connectivity index (χ2n) is 17.3. The van der Waals surface area contributed by atoms with E-state index >= 15 is 0 Å². The number of nitrogens with zero attached hydrogens (tertiary/aromatic N) is 3. The zero-order chi connectivity index (χ0) is 33.7. The largest absolute Gasteiger partial charge is 0.278 e. The quantitative estimate of drug-likeness (QED) is 0.188. The van der Waals surface area contributed by atoms with Crippen molar-refractivity contribution in [3.05, 3.63) is 138 Å². The van der Waals surface area contributed by atoms with Gasteiger partial charge in [-0.05, 0) is 108 Å². The molecule has 1 spiro atoms. The van der Waals surface area contributed by atoms with E-state index in [0.29, 0.717) is 10.8 Å². The predicted octanol–water partition coefficient (Wildman–Crippen LogP) is 11.7. The number of aromatic nitrogens is 3. The first-order valence-electron chi connectivity index (χ1n) is 19.1. The highest BCUT2D eigenvalue weighted by Gasteiger charge is 2.71. The maximum absolute atomic E-state index is 5.70. The zero-order valence-electron chi connectivity index (χ0n) is 29.4. The van der Waals surface area contributed by atoms with Gasteiger partial charge in [0.15, 0.2) is 0 Å². The molecule has 3 heteroatoms. The average molecular weight is 660 g/mol. The number of hydrogen-bond donors (Lipinski definition) is 0. The van der Waals surface area contributed by atoms with Crippen LogP contribution in [0.2, 0.25) is 0 Å². The van der Waals surface area contributed by atoms with Gasteiger partial charge in [0.05, 0.1) is 22.4 Å². The minimum absolute atomic E-state index is 0.224. The molecule has 4 fully saturated rings. The lowest BCUT2D eigenvalue weighted by Gasteiger charge is -2.49. The number of fused-ring (bicyclic) bond motifs is 8. The van der Waals surface area contributed by atoms with Crippen molar-refractivity contribution in [3.63, 3.8) is 0 Å². The van der Waals surface area contributed by atoms with Crippen molar-refractivity contribution in [2.24, 2.45) is 23.2 Å². The molecule has 5 aromatic carbocycles. The molecule has 7 aromatic rings. The molecule has 5 aliphatic rings. The molecular weight excluding hydrogens is 619 g/mol. The van der Waals surface area contributed by atoms with Gasteiger partial charge in [-0.15, -0.1) is 0 Å². The molecule has 5 aliphatic carbocycles. The summed E-state index contributed by atoms with van der Waals surface area (Å²) in [4.78, 5) is 11.3. The summed E-state index contributed by atoms with van der Waals surface area (Å²) in [5, 5.41) is 2.46. The van der Waals surface area contributed by atoms with Crippen LogP contribution in [0.5, 0.6) is 0 Å². The molecule has 2 unspecified atom stereocenters. The van der Waals surface area contributed by atoms with Crippen molar-refractivity contribution in [2.75, 3.05) is 0 Å². The van der Waals surface area contributed by atoms with Crippen LogP contribution in [0.1, 0.15) is 69.1 Å². The van der Waals surface area contributed by atoms with Crippen molar-refractivity contribution in [1.82, 2.24) is 14.5 Å². The Labute approximate surface area is 299 Å². The van der Waals surface area contributed by atoms with E-state index in [0.717, 1.165) is 46.1 Å². The lowest BCUT2D eigenvalue weighted by atomic mass is 9.55. The molecule has 3 nitrogen and oxygen atoms in total. The summed E-state index contributed by atoms with van der Waals surface area (Å²) in [6, 6.07) is 44.8. The van der Waals surface area contributed by atoms with Crippen molar-refractivity contribution in [3.8, 4) is 39.6 Å². The van der Waals surface area contributed by atoms with Crippen LogP contribution in [0.3, 0.4) is 0 Å². The SMILES string of the molecule is CC1(C)c2ccccc2-c2nc(-n3c4ccccc4c4c(-c5ccccc5)cccc43)nc(-c3cccc(C45CC6C[C@H]7C[C@H](C4)C[C@@]67C5)c3)c21. The Balaban J connectivity index is 1.12. The molecule has 2 heterocycles. The predicted molar refractivity (Wildman–Crippen MR) is 207 cm³/mol. The molecule has 0 N–H and O–H groups in total. The van der Waals surface area contributed by atoms with Gasteiger partial charge in [-0.2, -0.15) is 0 Å². The smallest absolute Gasteiger partial charge is 0.235 e. The minimum Gasteiger partial charge on any atom is -0.278 e. The molecule has 12 rings (SSSR count). The molecule has 4 saturated carbocycles. The zero-order valence-corrected chi connectivity index (χ0v) is 29.4. The third kappa shape index (κ3) is 3.60. The van der Waals surface area contributed by atoms with Gasteiger partial charge in [0, 0.05) is 32.9 Å². The first kappa shape index (κ1) is 28.7. The number of benzene rings is 5. The third-order valence-electron chi connectivity index (χ3n) is 14.6. The summed E-state index contributed by atoms with van der Waals surface area (Å²) in [5.41, 5.74) is 14.2. The molecule has 248 valence electrons. The van der Waals surface area contributed by atoms with E-state index in [1.165, 1.54) is 82.7 Å². The molecule has 5 atom stereocenters. The van der Waals surface area contributed by atoms with Crippen LogP contribution in [0.4, 0.5) is 0 Å². The van der Waals surface area contributed by atoms with E-state index in [-0.39, 0.29) is 5.41 Å². The summed E-state index contributed by atoms with van der Waals surface area (Å²) < 4.78 is 2.32. The first-order valence-corrected chi connectivity index (χ1v) is 19.1. The Morgan fingerprint density at radius 1 is 0.627 bits per heavy atom. The van der Waals surface area contributed by atoms with Crippen LogP contribution in [-0.4, -0.2) is 14.5 Å². The van der Waals surface area contributed by atoms with Crippen LogP contribution >= 0.6 is 0 Å². The fourth-order valence-corrected chi connectivity index (χ4v) is 12.7. The molecule has 0 radical (unpaired) electrons. The van der Waals surface area contributed by atoms with Crippen LogP contribution in [0.15, 0.2) is 121 Å². The topological polar surface area (TPSA) is 30.7 Å². The molecule has 0 aliphatic heterocycles. The fourth-order valence-electron chi connectivity index (χ4n) is 12.7.